The minimum absolute atomic E-state index is 0.265. The second kappa shape index (κ2) is 7.89. The number of anilines is 3. The van der Waals surface area contributed by atoms with Gasteiger partial charge in [-0.2, -0.15) is 0 Å². The third-order valence-electron chi connectivity index (χ3n) is 3.82. The maximum atomic E-state index is 12.5. The number of benzene rings is 2. The van der Waals surface area contributed by atoms with Gasteiger partial charge in [-0.1, -0.05) is 23.7 Å². The highest BCUT2D eigenvalue weighted by Crippen LogP contribution is 2.25. The maximum Gasteiger partial charge on any atom is 0.257 e. The third kappa shape index (κ3) is 4.13. The molecular weight excluding hydrogens is 350 g/mol. The molecule has 1 aromatic heterocycles. The Kier molecular flexibility index (Phi) is 5.39. The summed E-state index contributed by atoms with van der Waals surface area (Å²) in [4.78, 5) is 16.7. The number of aryl methyl sites for hydroxylation is 1. The molecule has 0 spiro atoms. The van der Waals surface area contributed by atoms with Gasteiger partial charge in [0.15, 0.2) is 0 Å². The van der Waals surface area contributed by atoms with E-state index < -0.39 is 0 Å². The summed E-state index contributed by atoms with van der Waals surface area (Å²) in [7, 11) is 1.56. The molecular formula is C20H18ClN3O2. The van der Waals surface area contributed by atoms with Crippen LogP contribution in [-0.2, 0) is 0 Å². The van der Waals surface area contributed by atoms with Gasteiger partial charge in [0, 0.05) is 16.9 Å². The predicted molar refractivity (Wildman–Crippen MR) is 105 cm³/mol. The van der Waals surface area contributed by atoms with Crippen molar-refractivity contribution in [1.82, 2.24) is 4.98 Å². The van der Waals surface area contributed by atoms with Crippen molar-refractivity contribution in [3.63, 3.8) is 0 Å². The number of para-hydroxylation sites is 2. The van der Waals surface area contributed by atoms with Gasteiger partial charge >= 0.3 is 0 Å². The van der Waals surface area contributed by atoms with E-state index in [4.69, 9.17) is 16.3 Å². The SMILES string of the molecule is COc1ccccc1NC(=O)c1cncc(Nc2ccc(Cl)cc2C)c1. The molecule has 0 saturated heterocycles. The van der Waals surface area contributed by atoms with E-state index >= 15 is 0 Å². The summed E-state index contributed by atoms with van der Waals surface area (Å²) >= 11 is 5.99. The normalized spacial score (nSPS) is 10.3. The fourth-order valence-corrected chi connectivity index (χ4v) is 2.72. The van der Waals surface area contributed by atoms with E-state index in [2.05, 4.69) is 15.6 Å². The lowest BCUT2D eigenvalue weighted by Crippen LogP contribution is -2.13. The molecule has 0 saturated carbocycles. The largest absolute Gasteiger partial charge is 0.495 e. The number of nitrogens with one attached hydrogen (secondary N) is 2. The zero-order chi connectivity index (χ0) is 18.5. The van der Waals surface area contributed by atoms with Crippen LogP contribution < -0.4 is 15.4 Å². The Balaban J connectivity index is 1.79. The lowest BCUT2D eigenvalue weighted by Gasteiger charge is -2.12. The first-order chi connectivity index (χ1) is 12.6. The Morgan fingerprint density at radius 2 is 1.88 bits per heavy atom. The summed E-state index contributed by atoms with van der Waals surface area (Å²) in [6.07, 6.45) is 3.18. The van der Waals surface area contributed by atoms with Crippen LogP contribution in [0.4, 0.5) is 17.1 Å². The Morgan fingerprint density at radius 1 is 1.08 bits per heavy atom. The first-order valence-corrected chi connectivity index (χ1v) is 8.37. The summed E-state index contributed by atoms with van der Waals surface area (Å²) in [5.74, 6) is 0.332. The topological polar surface area (TPSA) is 63.2 Å². The molecule has 0 unspecified atom stereocenters. The molecule has 5 nitrogen and oxygen atoms in total. The molecule has 0 atom stereocenters. The Morgan fingerprint density at radius 3 is 2.65 bits per heavy atom. The molecule has 132 valence electrons. The number of pyridine rings is 1. The van der Waals surface area contributed by atoms with Crippen molar-refractivity contribution in [2.24, 2.45) is 0 Å². The average Bonchev–Trinajstić information content (AvgIpc) is 2.65. The molecule has 3 aromatic rings. The molecule has 0 aliphatic carbocycles. The highest BCUT2D eigenvalue weighted by molar-refractivity contribution is 6.30. The van der Waals surface area contributed by atoms with Crippen molar-refractivity contribution in [3.05, 3.63) is 77.1 Å². The molecule has 26 heavy (non-hydrogen) atoms. The first-order valence-electron chi connectivity index (χ1n) is 7.99. The number of rotatable bonds is 5. The highest BCUT2D eigenvalue weighted by atomic mass is 35.5. The summed E-state index contributed by atoms with van der Waals surface area (Å²) in [5, 5.41) is 6.77. The van der Waals surface area contributed by atoms with Gasteiger partial charge in [0.05, 0.1) is 30.2 Å². The van der Waals surface area contributed by atoms with E-state index in [0.29, 0.717) is 27.7 Å². The summed E-state index contributed by atoms with van der Waals surface area (Å²) in [6, 6.07) is 14.5. The van der Waals surface area contributed by atoms with Crippen molar-refractivity contribution < 1.29 is 9.53 Å². The quantitative estimate of drug-likeness (QED) is 0.662. The Bertz CT molecular complexity index is 944. The standard InChI is InChI=1S/C20H18ClN3O2/c1-13-9-15(21)7-8-17(13)23-16-10-14(11-22-12-16)20(25)24-18-5-3-4-6-19(18)26-2/h3-12,23H,1-2H3,(H,24,25). The summed E-state index contributed by atoms with van der Waals surface area (Å²) < 4.78 is 5.25. The monoisotopic (exact) mass is 367 g/mol. The van der Waals surface area contributed by atoms with Crippen LogP contribution in [0.1, 0.15) is 15.9 Å². The number of aromatic nitrogens is 1. The Labute approximate surface area is 157 Å². The number of carbonyl (C=O) groups is 1. The second-order valence-corrected chi connectivity index (χ2v) is 6.14. The molecule has 6 heteroatoms. The molecule has 0 radical (unpaired) electrons. The lowest BCUT2D eigenvalue weighted by molar-refractivity contribution is 0.102. The van der Waals surface area contributed by atoms with E-state index in [9.17, 15) is 4.79 Å². The van der Waals surface area contributed by atoms with Crippen LogP contribution in [0, 0.1) is 6.92 Å². The molecule has 0 fully saturated rings. The van der Waals surface area contributed by atoms with E-state index in [0.717, 1.165) is 11.3 Å². The number of amides is 1. The summed E-state index contributed by atoms with van der Waals surface area (Å²) in [6.45, 7) is 1.96. The van der Waals surface area contributed by atoms with Gasteiger partial charge in [-0.05, 0) is 48.9 Å². The number of ether oxygens (including phenoxy) is 1. The first kappa shape index (κ1) is 17.8. The van der Waals surface area contributed by atoms with Crippen LogP contribution in [-0.4, -0.2) is 18.0 Å². The molecule has 2 aromatic carbocycles. The molecule has 0 aliphatic heterocycles. The van der Waals surface area contributed by atoms with Crippen LogP contribution in [0.5, 0.6) is 5.75 Å². The maximum absolute atomic E-state index is 12.5. The van der Waals surface area contributed by atoms with Gasteiger partial charge < -0.3 is 15.4 Å². The number of methoxy groups -OCH3 is 1. The average molecular weight is 368 g/mol. The van der Waals surface area contributed by atoms with Gasteiger partial charge in [0.25, 0.3) is 5.91 Å². The van der Waals surface area contributed by atoms with Crippen LogP contribution in [0.15, 0.2) is 60.9 Å². The fourth-order valence-electron chi connectivity index (χ4n) is 2.50. The van der Waals surface area contributed by atoms with E-state index in [1.807, 2.05) is 37.3 Å². The summed E-state index contributed by atoms with van der Waals surface area (Å²) in [5.41, 5.74) is 3.65. The smallest absolute Gasteiger partial charge is 0.257 e. The fraction of sp³-hybridized carbons (Fsp3) is 0.100. The molecule has 3 rings (SSSR count). The molecule has 1 heterocycles. The predicted octanol–water partition coefficient (Wildman–Crippen LogP) is 5.05. The lowest BCUT2D eigenvalue weighted by atomic mass is 10.2. The van der Waals surface area contributed by atoms with Crippen molar-refractivity contribution in [2.45, 2.75) is 6.92 Å². The van der Waals surface area contributed by atoms with Gasteiger partial charge in [-0.15, -0.1) is 0 Å². The number of carbonyl (C=O) groups excluding carboxylic acids is 1. The van der Waals surface area contributed by atoms with Crippen LogP contribution in [0.25, 0.3) is 0 Å². The number of hydrogen-bond acceptors (Lipinski definition) is 4. The van der Waals surface area contributed by atoms with Gasteiger partial charge in [-0.25, -0.2) is 0 Å². The number of halogens is 1. The highest BCUT2D eigenvalue weighted by Gasteiger charge is 2.11. The van der Waals surface area contributed by atoms with Gasteiger partial charge in [-0.3, -0.25) is 9.78 Å². The van der Waals surface area contributed by atoms with Crippen molar-refractivity contribution in [3.8, 4) is 5.75 Å². The van der Waals surface area contributed by atoms with E-state index in [-0.39, 0.29) is 5.91 Å². The van der Waals surface area contributed by atoms with Crippen molar-refractivity contribution >= 4 is 34.6 Å². The third-order valence-corrected chi connectivity index (χ3v) is 4.06. The number of nitrogens with zero attached hydrogens (tertiary/aromatic N) is 1. The van der Waals surface area contributed by atoms with Crippen LogP contribution in [0.2, 0.25) is 5.02 Å². The minimum atomic E-state index is -0.265. The Hall–Kier alpha value is -3.05. The molecule has 0 bridgehead atoms. The zero-order valence-corrected chi connectivity index (χ0v) is 15.2. The van der Waals surface area contributed by atoms with Gasteiger partial charge in [0.2, 0.25) is 0 Å². The second-order valence-electron chi connectivity index (χ2n) is 5.70. The van der Waals surface area contributed by atoms with Crippen LogP contribution in [0.3, 0.4) is 0 Å². The molecule has 2 N–H and O–H groups in total. The zero-order valence-electron chi connectivity index (χ0n) is 14.4. The van der Waals surface area contributed by atoms with Gasteiger partial charge in [0.1, 0.15) is 5.75 Å². The molecule has 0 aliphatic rings. The van der Waals surface area contributed by atoms with Crippen LogP contribution >= 0.6 is 11.6 Å². The van der Waals surface area contributed by atoms with E-state index in [1.54, 1.807) is 31.5 Å². The molecule has 1 amide bonds. The van der Waals surface area contributed by atoms with Crippen molar-refractivity contribution in [1.29, 1.82) is 0 Å². The minimum Gasteiger partial charge on any atom is -0.495 e. The van der Waals surface area contributed by atoms with Crippen molar-refractivity contribution in [2.75, 3.05) is 17.7 Å². The van der Waals surface area contributed by atoms with E-state index in [1.165, 1.54) is 6.20 Å². The number of hydrogen-bond donors (Lipinski definition) is 2.